The van der Waals surface area contributed by atoms with Crippen LogP contribution in [0.2, 0.25) is 10.0 Å². The summed E-state index contributed by atoms with van der Waals surface area (Å²) in [6.07, 6.45) is 0. The van der Waals surface area contributed by atoms with Gasteiger partial charge < -0.3 is 14.8 Å². The zero-order valence-electron chi connectivity index (χ0n) is 14.0. The molecule has 2 rings (SSSR count). The van der Waals surface area contributed by atoms with Crippen molar-refractivity contribution in [3.05, 3.63) is 62.1 Å². The number of carbonyl (C=O) groups excluding carboxylic acids is 2. The van der Waals surface area contributed by atoms with Gasteiger partial charge in [-0.1, -0.05) is 23.2 Å². The van der Waals surface area contributed by atoms with Crippen LogP contribution in [0.4, 0.5) is 11.4 Å². The fourth-order valence-corrected chi connectivity index (χ4v) is 2.40. The molecule has 0 aliphatic rings. The molecule has 0 unspecified atom stereocenters. The molecule has 10 heteroatoms. The van der Waals surface area contributed by atoms with Gasteiger partial charge in [0.1, 0.15) is 0 Å². The Morgan fingerprint density at radius 2 is 1.93 bits per heavy atom. The van der Waals surface area contributed by atoms with E-state index in [9.17, 15) is 19.7 Å². The minimum Gasteiger partial charge on any atom is -0.487 e. The molecule has 0 spiro atoms. The highest BCUT2D eigenvalue weighted by molar-refractivity contribution is 6.35. The number of nitrogens with zero attached hydrogens (tertiary/aromatic N) is 1. The molecule has 2 aromatic carbocycles. The number of halogens is 2. The monoisotopic (exact) mass is 412 g/mol. The first-order valence-corrected chi connectivity index (χ1v) is 8.40. The minimum atomic E-state index is -0.895. The summed E-state index contributed by atoms with van der Waals surface area (Å²) in [5.74, 6) is -1.51. The van der Waals surface area contributed by atoms with E-state index in [1.165, 1.54) is 24.3 Å². The molecular formula is C17H14Cl2N2O6. The molecule has 2 aromatic rings. The maximum atomic E-state index is 12.1. The van der Waals surface area contributed by atoms with E-state index in [4.69, 9.17) is 32.7 Å². The highest BCUT2D eigenvalue weighted by Crippen LogP contribution is 2.28. The lowest BCUT2D eigenvalue weighted by atomic mass is 10.2. The fraction of sp³-hybridized carbons (Fsp3) is 0.176. The Hall–Kier alpha value is -2.84. The van der Waals surface area contributed by atoms with Gasteiger partial charge in [0.05, 0.1) is 27.8 Å². The van der Waals surface area contributed by atoms with E-state index in [0.29, 0.717) is 5.02 Å². The van der Waals surface area contributed by atoms with Crippen LogP contribution in [0.1, 0.15) is 17.3 Å². The van der Waals surface area contributed by atoms with Crippen molar-refractivity contribution in [3.63, 3.8) is 0 Å². The van der Waals surface area contributed by atoms with E-state index in [1.807, 2.05) is 0 Å². The van der Waals surface area contributed by atoms with Gasteiger partial charge in [-0.3, -0.25) is 14.9 Å². The molecule has 27 heavy (non-hydrogen) atoms. The number of hydrogen-bond donors (Lipinski definition) is 1. The smallest absolute Gasteiger partial charge is 0.338 e. The van der Waals surface area contributed by atoms with Crippen LogP contribution < -0.4 is 10.1 Å². The lowest BCUT2D eigenvalue weighted by molar-refractivity contribution is -0.385. The van der Waals surface area contributed by atoms with Gasteiger partial charge in [-0.15, -0.1) is 0 Å². The number of amides is 1. The Bertz CT molecular complexity index is 888. The van der Waals surface area contributed by atoms with Crippen molar-refractivity contribution >= 4 is 46.5 Å². The number of esters is 1. The van der Waals surface area contributed by atoms with Crippen LogP contribution in [0, 0.1) is 10.1 Å². The highest BCUT2D eigenvalue weighted by Gasteiger charge is 2.20. The molecule has 0 aliphatic carbocycles. The fourth-order valence-electron chi connectivity index (χ4n) is 2.06. The summed E-state index contributed by atoms with van der Waals surface area (Å²) in [7, 11) is 0. The summed E-state index contributed by atoms with van der Waals surface area (Å²) in [6.45, 7) is 1.30. The third-order valence-electron chi connectivity index (χ3n) is 3.23. The molecule has 142 valence electrons. The second kappa shape index (κ2) is 9.20. The Balaban J connectivity index is 2.02. The van der Waals surface area contributed by atoms with E-state index < -0.39 is 23.4 Å². The molecule has 1 amide bonds. The van der Waals surface area contributed by atoms with Crippen molar-refractivity contribution in [3.8, 4) is 5.75 Å². The van der Waals surface area contributed by atoms with E-state index in [2.05, 4.69) is 5.32 Å². The molecule has 0 aliphatic heterocycles. The van der Waals surface area contributed by atoms with Crippen LogP contribution in [0.5, 0.6) is 5.75 Å². The zero-order valence-corrected chi connectivity index (χ0v) is 15.5. The third kappa shape index (κ3) is 5.57. The molecular weight excluding hydrogens is 399 g/mol. The van der Waals surface area contributed by atoms with Crippen LogP contribution >= 0.6 is 23.2 Å². The first kappa shape index (κ1) is 20.5. The number of rotatable bonds is 7. The van der Waals surface area contributed by atoms with Gasteiger partial charge in [-0.25, -0.2) is 4.79 Å². The number of ether oxygens (including phenoxy) is 2. The molecule has 0 saturated heterocycles. The quantitative estimate of drug-likeness (QED) is 0.416. The Morgan fingerprint density at radius 3 is 2.59 bits per heavy atom. The molecule has 0 atom stereocenters. The van der Waals surface area contributed by atoms with Crippen LogP contribution in [-0.2, 0) is 9.53 Å². The number of nitrogens with one attached hydrogen (secondary N) is 1. The van der Waals surface area contributed by atoms with Crippen LogP contribution in [-0.4, -0.2) is 30.0 Å². The highest BCUT2D eigenvalue weighted by atomic mass is 35.5. The summed E-state index contributed by atoms with van der Waals surface area (Å²) in [4.78, 5) is 34.4. The summed E-state index contributed by atoms with van der Waals surface area (Å²) in [5.41, 5.74) is -0.192. The number of nitro benzene ring substituents is 1. The second-order valence-corrected chi connectivity index (χ2v) is 5.96. The molecule has 0 radical (unpaired) electrons. The summed E-state index contributed by atoms with van der Waals surface area (Å²) in [5, 5.41) is 14.2. The first-order valence-electron chi connectivity index (χ1n) is 7.65. The Labute approximate surface area is 164 Å². The maximum absolute atomic E-state index is 12.1. The Morgan fingerprint density at radius 1 is 1.19 bits per heavy atom. The number of anilines is 1. The second-order valence-electron chi connectivity index (χ2n) is 5.12. The van der Waals surface area contributed by atoms with Crippen molar-refractivity contribution in [2.45, 2.75) is 6.92 Å². The Kier molecular flexibility index (Phi) is 6.98. The molecule has 0 saturated carbocycles. The molecule has 8 nitrogen and oxygen atoms in total. The molecule has 0 fully saturated rings. The summed E-state index contributed by atoms with van der Waals surface area (Å²) < 4.78 is 10.0. The minimum absolute atomic E-state index is 0.0346. The number of benzene rings is 2. The third-order valence-corrected chi connectivity index (χ3v) is 3.79. The molecule has 0 heterocycles. The average Bonchev–Trinajstić information content (AvgIpc) is 2.63. The molecule has 0 bridgehead atoms. The topological polar surface area (TPSA) is 108 Å². The van der Waals surface area contributed by atoms with Crippen molar-refractivity contribution in [1.82, 2.24) is 0 Å². The number of carbonyl (C=O) groups is 2. The number of hydrogen-bond acceptors (Lipinski definition) is 6. The van der Waals surface area contributed by atoms with E-state index in [1.54, 1.807) is 13.0 Å². The van der Waals surface area contributed by atoms with Gasteiger partial charge in [-0.05, 0) is 37.3 Å². The SMILES string of the molecule is CCOc1ccc(C(=O)OCC(=O)Nc2cc(Cl)ccc2Cl)cc1[N+](=O)[O-]. The lowest BCUT2D eigenvalue weighted by Gasteiger charge is -2.09. The molecule has 1 N–H and O–H groups in total. The zero-order chi connectivity index (χ0) is 20.0. The first-order chi connectivity index (χ1) is 12.8. The summed E-state index contributed by atoms with van der Waals surface area (Å²) >= 11 is 11.8. The van der Waals surface area contributed by atoms with Gasteiger partial charge in [0.2, 0.25) is 0 Å². The van der Waals surface area contributed by atoms with Crippen LogP contribution in [0.15, 0.2) is 36.4 Å². The van der Waals surface area contributed by atoms with E-state index >= 15 is 0 Å². The normalized spacial score (nSPS) is 10.2. The largest absolute Gasteiger partial charge is 0.487 e. The maximum Gasteiger partial charge on any atom is 0.338 e. The standard InChI is InChI=1S/C17H14Cl2N2O6/c1-2-26-15-6-3-10(7-14(15)21(24)25)17(23)27-9-16(22)20-13-8-11(18)4-5-12(13)19/h3-8H,2,9H2,1H3,(H,20,22). The summed E-state index contributed by atoms with van der Waals surface area (Å²) in [6, 6.07) is 8.14. The van der Waals surface area contributed by atoms with Crippen molar-refractivity contribution in [1.29, 1.82) is 0 Å². The molecule has 0 aromatic heterocycles. The van der Waals surface area contributed by atoms with Crippen LogP contribution in [0.25, 0.3) is 0 Å². The van der Waals surface area contributed by atoms with Gasteiger partial charge in [0, 0.05) is 11.1 Å². The van der Waals surface area contributed by atoms with Crippen molar-refractivity contribution < 1.29 is 24.0 Å². The van der Waals surface area contributed by atoms with Crippen molar-refractivity contribution in [2.75, 3.05) is 18.5 Å². The van der Waals surface area contributed by atoms with Gasteiger partial charge in [-0.2, -0.15) is 0 Å². The van der Waals surface area contributed by atoms with Gasteiger partial charge >= 0.3 is 11.7 Å². The lowest BCUT2D eigenvalue weighted by Crippen LogP contribution is -2.21. The van der Waals surface area contributed by atoms with E-state index in [0.717, 1.165) is 6.07 Å². The number of nitro groups is 1. The average molecular weight is 413 g/mol. The van der Waals surface area contributed by atoms with Gasteiger partial charge in [0.15, 0.2) is 12.4 Å². The van der Waals surface area contributed by atoms with E-state index in [-0.39, 0.29) is 34.3 Å². The van der Waals surface area contributed by atoms with Crippen LogP contribution in [0.3, 0.4) is 0 Å². The van der Waals surface area contributed by atoms with Crippen molar-refractivity contribution in [2.24, 2.45) is 0 Å². The predicted octanol–water partition coefficient (Wildman–Crippen LogP) is 4.10. The van der Waals surface area contributed by atoms with Gasteiger partial charge in [0.25, 0.3) is 5.91 Å². The predicted molar refractivity (Wildman–Crippen MR) is 99.6 cm³/mol.